The minimum absolute atomic E-state index is 0.260. The Balaban J connectivity index is 1.77. The predicted octanol–water partition coefficient (Wildman–Crippen LogP) is 2.85. The molecule has 1 aliphatic rings. The molecular weight excluding hydrogens is 366 g/mol. The van der Waals surface area contributed by atoms with E-state index >= 15 is 0 Å². The first-order chi connectivity index (χ1) is 13.3. The molecular formula is C20H15NO7. The number of esters is 3. The maximum atomic E-state index is 12.0. The highest BCUT2D eigenvalue weighted by molar-refractivity contribution is 6.18. The van der Waals surface area contributed by atoms with E-state index in [4.69, 9.17) is 23.9 Å². The van der Waals surface area contributed by atoms with Gasteiger partial charge in [0, 0.05) is 25.5 Å². The van der Waals surface area contributed by atoms with Crippen molar-refractivity contribution in [3.05, 3.63) is 53.3 Å². The second kappa shape index (κ2) is 7.40. The van der Waals surface area contributed by atoms with Crippen LogP contribution in [0.5, 0.6) is 0 Å². The van der Waals surface area contributed by atoms with Gasteiger partial charge in [0.15, 0.2) is 6.61 Å². The van der Waals surface area contributed by atoms with Gasteiger partial charge < -0.3 is 18.6 Å². The van der Waals surface area contributed by atoms with E-state index in [0.717, 1.165) is 0 Å². The van der Waals surface area contributed by atoms with Gasteiger partial charge in [0.2, 0.25) is 0 Å². The number of nitrogens with zero attached hydrogens (tertiary/aromatic N) is 1. The van der Waals surface area contributed by atoms with E-state index < -0.39 is 23.7 Å². The molecule has 0 amide bonds. The third kappa shape index (κ3) is 4.10. The Hall–Kier alpha value is -3.86. The van der Waals surface area contributed by atoms with Crippen molar-refractivity contribution >= 4 is 24.0 Å². The fourth-order valence-electron chi connectivity index (χ4n) is 2.46. The van der Waals surface area contributed by atoms with Crippen molar-refractivity contribution in [1.29, 1.82) is 5.26 Å². The average Bonchev–Trinajstić information content (AvgIpc) is 3.11. The topological polar surface area (TPSA) is 116 Å². The normalized spacial score (nSPS) is 15.2. The molecule has 1 aromatic heterocycles. The summed E-state index contributed by atoms with van der Waals surface area (Å²) in [7, 11) is 0. The van der Waals surface area contributed by atoms with Crippen LogP contribution >= 0.6 is 0 Å². The molecule has 142 valence electrons. The Morgan fingerprint density at radius 2 is 1.75 bits per heavy atom. The number of hydrogen-bond acceptors (Lipinski definition) is 8. The van der Waals surface area contributed by atoms with Crippen LogP contribution in [0.4, 0.5) is 0 Å². The van der Waals surface area contributed by atoms with Crippen molar-refractivity contribution in [3.63, 3.8) is 0 Å². The van der Waals surface area contributed by atoms with Crippen LogP contribution in [0.15, 0.2) is 46.4 Å². The first kappa shape index (κ1) is 18.9. The molecule has 0 atom stereocenters. The van der Waals surface area contributed by atoms with Crippen LogP contribution in [0.1, 0.15) is 30.0 Å². The van der Waals surface area contributed by atoms with E-state index in [1.54, 1.807) is 30.3 Å². The van der Waals surface area contributed by atoms with Crippen LogP contribution in [0, 0.1) is 11.3 Å². The number of carbonyl (C=O) groups is 3. The van der Waals surface area contributed by atoms with Gasteiger partial charge in [-0.15, -0.1) is 0 Å². The van der Waals surface area contributed by atoms with Crippen LogP contribution in [-0.4, -0.2) is 30.3 Å². The molecule has 1 aromatic carbocycles. The molecule has 2 aromatic rings. The van der Waals surface area contributed by atoms with E-state index in [2.05, 4.69) is 0 Å². The Bertz CT molecular complexity index is 984. The Morgan fingerprint density at radius 3 is 2.36 bits per heavy atom. The van der Waals surface area contributed by atoms with Gasteiger partial charge in [0.05, 0.1) is 5.56 Å². The number of ether oxygens (including phenoxy) is 3. The molecule has 0 bridgehead atoms. The van der Waals surface area contributed by atoms with E-state index in [1.165, 1.54) is 32.1 Å². The molecule has 0 aliphatic carbocycles. The van der Waals surface area contributed by atoms with Crippen molar-refractivity contribution < 1.29 is 33.0 Å². The average molecular weight is 381 g/mol. The van der Waals surface area contributed by atoms with Gasteiger partial charge in [-0.3, -0.25) is 0 Å². The van der Waals surface area contributed by atoms with Gasteiger partial charge in [-0.05, 0) is 24.3 Å². The standard InChI is InChI=1S/C20H15NO7/c1-20(2)27-18(23)15(19(24)28-20)11-14-7-8-16(26-14)12-3-5-13(6-4-12)17(22)25-10-9-21/h3-8,11H,10H2,1-2H3. The van der Waals surface area contributed by atoms with Gasteiger partial charge in [0.1, 0.15) is 23.2 Å². The molecule has 8 heteroatoms. The maximum Gasteiger partial charge on any atom is 0.348 e. The van der Waals surface area contributed by atoms with E-state index in [-0.39, 0.29) is 17.9 Å². The number of rotatable bonds is 4. The molecule has 0 unspecified atom stereocenters. The molecule has 1 fully saturated rings. The smallest absolute Gasteiger partial charge is 0.348 e. The lowest BCUT2D eigenvalue weighted by Gasteiger charge is -2.29. The summed E-state index contributed by atoms with van der Waals surface area (Å²) in [5.41, 5.74) is 0.690. The Morgan fingerprint density at radius 1 is 1.11 bits per heavy atom. The van der Waals surface area contributed by atoms with Crippen LogP contribution in [-0.2, 0) is 23.8 Å². The summed E-state index contributed by atoms with van der Waals surface area (Å²) in [5.74, 6) is -2.78. The zero-order valence-electron chi connectivity index (χ0n) is 15.1. The van der Waals surface area contributed by atoms with Gasteiger partial charge >= 0.3 is 17.9 Å². The van der Waals surface area contributed by atoms with Gasteiger partial charge in [0.25, 0.3) is 5.79 Å². The highest BCUT2D eigenvalue weighted by Gasteiger charge is 2.39. The summed E-state index contributed by atoms with van der Waals surface area (Å²) < 4.78 is 20.4. The molecule has 8 nitrogen and oxygen atoms in total. The summed E-state index contributed by atoms with van der Waals surface area (Å²) in [5, 5.41) is 8.43. The van der Waals surface area contributed by atoms with Crippen molar-refractivity contribution in [2.24, 2.45) is 0 Å². The van der Waals surface area contributed by atoms with E-state index in [9.17, 15) is 14.4 Å². The summed E-state index contributed by atoms with van der Waals surface area (Å²) in [4.78, 5) is 35.7. The third-order valence-electron chi connectivity index (χ3n) is 3.70. The zero-order valence-corrected chi connectivity index (χ0v) is 15.1. The third-order valence-corrected chi connectivity index (χ3v) is 3.70. The highest BCUT2D eigenvalue weighted by Crippen LogP contribution is 2.27. The molecule has 0 N–H and O–H groups in total. The Kier molecular flexibility index (Phi) is 5.00. The van der Waals surface area contributed by atoms with Gasteiger partial charge in [-0.2, -0.15) is 5.26 Å². The maximum absolute atomic E-state index is 12.0. The SMILES string of the molecule is CC1(C)OC(=O)C(=Cc2ccc(-c3ccc(C(=O)OCC#N)cc3)o2)C(=O)O1. The molecule has 1 saturated heterocycles. The first-order valence-corrected chi connectivity index (χ1v) is 8.22. The number of cyclic esters (lactones) is 2. The second-order valence-electron chi connectivity index (χ2n) is 6.25. The molecule has 1 aliphatic heterocycles. The van der Waals surface area contributed by atoms with Crippen molar-refractivity contribution in [2.45, 2.75) is 19.6 Å². The highest BCUT2D eigenvalue weighted by atomic mass is 16.7. The fraction of sp³-hybridized carbons (Fsp3) is 0.200. The van der Waals surface area contributed by atoms with Gasteiger partial charge in [-0.1, -0.05) is 12.1 Å². The Labute approximate surface area is 159 Å². The van der Waals surface area contributed by atoms with Crippen molar-refractivity contribution in [1.82, 2.24) is 0 Å². The van der Waals surface area contributed by atoms with Crippen LogP contribution in [0.25, 0.3) is 17.4 Å². The predicted molar refractivity (Wildman–Crippen MR) is 94.3 cm³/mol. The number of hydrogen-bond donors (Lipinski definition) is 0. The quantitative estimate of drug-likeness (QED) is 0.451. The van der Waals surface area contributed by atoms with Crippen LogP contribution in [0.2, 0.25) is 0 Å². The molecule has 3 rings (SSSR count). The van der Waals surface area contributed by atoms with E-state index in [0.29, 0.717) is 16.9 Å². The lowest BCUT2D eigenvalue weighted by Crippen LogP contribution is -2.41. The first-order valence-electron chi connectivity index (χ1n) is 8.22. The second-order valence-corrected chi connectivity index (χ2v) is 6.25. The van der Waals surface area contributed by atoms with Gasteiger partial charge in [-0.25, -0.2) is 14.4 Å². The molecule has 28 heavy (non-hydrogen) atoms. The van der Waals surface area contributed by atoms with Crippen LogP contribution in [0.3, 0.4) is 0 Å². The minimum atomic E-state index is -1.31. The number of benzene rings is 1. The summed E-state index contributed by atoms with van der Waals surface area (Å²) in [6.45, 7) is 2.60. The number of carbonyl (C=O) groups excluding carboxylic acids is 3. The molecule has 0 radical (unpaired) electrons. The van der Waals surface area contributed by atoms with E-state index in [1.807, 2.05) is 0 Å². The lowest BCUT2D eigenvalue weighted by atomic mass is 10.1. The summed E-state index contributed by atoms with van der Waals surface area (Å²) >= 11 is 0. The minimum Gasteiger partial charge on any atom is -0.457 e. The monoisotopic (exact) mass is 381 g/mol. The van der Waals surface area contributed by atoms with Crippen LogP contribution < -0.4 is 0 Å². The zero-order chi connectivity index (χ0) is 20.3. The number of furan rings is 1. The summed E-state index contributed by atoms with van der Waals surface area (Å²) in [6.07, 6.45) is 1.25. The largest absolute Gasteiger partial charge is 0.457 e. The number of nitriles is 1. The lowest BCUT2D eigenvalue weighted by molar-refractivity contribution is -0.222. The fourth-order valence-corrected chi connectivity index (χ4v) is 2.46. The molecule has 0 saturated carbocycles. The molecule has 2 heterocycles. The van der Waals surface area contributed by atoms with Crippen molar-refractivity contribution in [2.75, 3.05) is 6.61 Å². The summed E-state index contributed by atoms with van der Waals surface area (Å²) in [6, 6.07) is 11.3. The molecule has 0 spiro atoms. The van der Waals surface area contributed by atoms with Crippen molar-refractivity contribution in [3.8, 4) is 17.4 Å².